The summed E-state index contributed by atoms with van der Waals surface area (Å²) in [5.41, 5.74) is 0.0131. The molecule has 1 amide bonds. The van der Waals surface area contributed by atoms with E-state index in [1.807, 2.05) is 0 Å². The lowest BCUT2D eigenvalue weighted by Crippen LogP contribution is -2.36. The maximum absolute atomic E-state index is 12.6. The molecule has 0 bridgehead atoms. The fourth-order valence-electron chi connectivity index (χ4n) is 3.38. The molecule has 3 rings (SSSR count). The lowest BCUT2D eigenvalue weighted by atomic mass is 9.96. The third kappa shape index (κ3) is 6.06. The summed E-state index contributed by atoms with van der Waals surface area (Å²) >= 11 is 5.09. The molecule has 0 spiro atoms. The molecule has 1 aliphatic rings. The lowest BCUT2D eigenvalue weighted by Gasteiger charge is -2.22. The molecule has 1 fully saturated rings. The Labute approximate surface area is 185 Å². The number of para-hydroxylation sites is 1. The van der Waals surface area contributed by atoms with Crippen molar-refractivity contribution in [1.29, 1.82) is 0 Å². The molecule has 0 heterocycles. The van der Waals surface area contributed by atoms with Gasteiger partial charge in [0.05, 0.1) is 9.82 Å². The van der Waals surface area contributed by atoms with Crippen LogP contribution >= 0.6 is 12.2 Å². The van der Waals surface area contributed by atoms with Crippen molar-refractivity contribution in [3.8, 4) is 0 Å². The van der Waals surface area contributed by atoms with Crippen LogP contribution in [-0.4, -0.2) is 30.4 Å². The Morgan fingerprint density at radius 3 is 2.32 bits per heavy atom. The Kier molecular flexibility index (Phi) is 7.31. The first-order chi connectivity index (χ1) is 14.8. The Morgan fingerprint density at radius 2 is 1.68 bits per heavy atom. The maximum Gasteiger partial charge on any atom is 0.282 e. The van der Waals surface area contributed by atoms with Crippen LogP contribution in [0.3, 0.4) is 0 Å². The minimum Gasteiger partial charge on any atom is -0.332 e. The van der Waals surface area contributed by atoms with Crippen molar-refractivity contribution in [3.63, 3.8) is 0 Å². The molecule has 0 unspecified atom stereocenters. The van der Waals surface area contributed by atoms with E-state index in [1.54, 1.807) is 0 Å². The summed E-state index contributed by atoms with van der Waals surface area (Å²) in [7, 11) is -3.62. The molecular formula is C20H22N4O5S2. The van der Waals surface area contributed by atoms with Crippen molar-refractivity contribution < 1.29 is 18.1 Å². The first-order valence-electron chi connectivity index (χ1n) is 9.74. The van der Waals surface area contributed by atoms with Crippen LogP contribution in [0.5, 0.6) is 0 Å². The number of rotatable bonds is 6. The van der Waals surface area contributed by atoms with Crippen LogP contribution in [-0.2, 0) is 10.0 Å². The molecule has 1 aliphatic carbocycles. The van der Waals surface area contributed by atoms with Gasteiger partial charge in [0.2, 0.25) is 10.0 Å². The lowest BCUT2D eigenvalue weighted by molar-refractivity contribution is -0.385. The summed E-state index contributed by atoms with van der Waals surface area (Å²) in [6, 6.07) is 11.4. The summed E-state index contributed by atoms with van der Waals surface area (Å²) in [4.78, 5) is 22.9. The van der Waals surface area contributed by atoms with Gasteiger partial charge in [-0.3, -0.25) is 20.2 Å². The largest absolute Gasteiger partial charge is 0.332 e. The van der Waals surface area contributed by atoms with E-state index in [1.165, 1.54) is 48.5 Å². The highest BCUT2D eigenvalue weighted by Crippen LogP contribution is 2.21. The van der Waals surface area contributed by atoms with Crippen LogP contribution in [0.4, 0.5) is 11.4 Å². The number of benzene rings is 2. The van der Waals surface area contributed by atoms with E-state index in [0.717, 1.165) is 32.1 Å². The van der Waals surface area contributed by atoms with Gasteiger partial charge in [-0.15, -0.1) is 0 Å². The second kappa shape index (κ2) is 9.94. The number of nitro benzene ring substituents is 1. The van der Waals surface area contributed by atoms with Crippen molar-refractivity contribution in [2.45, 2.75) is 43.0 Å². The van der Waals surface area contributed by atoms with Crippen LogP contribution in [0.2, 0.25) is 0 Å². The molecule has 9 nitrogen and oxygen atoms in total. The second-order valence-corrected chi connectivity index (χ2v) is 9.29. The fourth-order valence-corrected chi connectivity index (χ4v) is 4.90. The number of carbonyl (C=O) groups excluding carboxylic acids is 1. The number of nitrogens with one attached hydrogen (secondary N) is 3. The summed E-state index contributed by atoms with van der Waals surface area (Å²) in [6.07, 6.45) is 4.85. The number of hydrogen-bond donors (Lipinski definition) is 3. The smallest absolute Gasteiger partial charge is 0.282 e. The van der Waals surface area contributed by atoms with E-state index in [0.29, 0.717) is 5.69 Å². The third-order valence-corrected chi connectivity index (χ3v) is 6.66. The number of sulfonamides is 1. The minimum atomic E-state index is -3.62. The maximum atomic E-state index is 12.6. The number of anilines is 1. The Morgan fingerprint density at radius 1 is 1.03 bits per heavy atom. The van der Waals surface area contributed by atoms with Gasteiger partial charge in [0.1, 0.15) is 5.56 Å². The average molecular weight is 463 g/mol. The minimum absolute atomic E-state index is 0.0404. The second-order valence-electron chi connectivity index (χ2n) is 7.16. The van der Waals surface area contributed by atoms with Crippen LogP contribution < -0.4 is 15.4 Å². The predicted octanol–water partition coefficient (Wildman–Crippen LogP) is 3.33. The Balaban J connectivity index is 1.61. The van der Waals surface area contributed by atoms with Gasteiger partial charge < -0.3 is 5.32 Å². The zero-order valence-electron chi connectivity index (χ0n) is 16.5. The first kappa shape index (κ1) is 22.8. The van der Waals surface area contributed by atoms with Gasteiger partial charge in [-0.05, 0) is 55.4 Å². The number of nitrogens with zero attached hydrogens (tertiary/aromatic N) is 1. The van der Waals surface area contributed by atoms with Gasteiger partial charge in [0.25, 0.3) is 11.6 Å². The van der Waals surface area contributed by atoms with Gasteiger partial charge in [-0.25, -0.2) is 13.1 Å². The number of amides is 1. The molecule has 11 heteroatoms. The van der Waals surface area contributed by atoms with Crippen molar-refractivity contribution in [1.82, 2.24) is 10.0 Å². The van der Waals surface area contributed by atoms with Gasteiger partial charge in [0, 0.05) is 17.8 Å². The zero-order chi connectivity index (χ0) is 22.4. The van der Waals surface area contributed by atoms with E-state index in [4.69, 9.17) is 12.2 Å². The normalized spacial score (nSPS) is 14.6. The number of thiocarbonyl (C=S) groups is 1. The van der Waals surface area contributed by atoms with Crippen LogP contribution in [0, 0.1) is 10.1 Å². The standard InChI is InChI=1S/C20H22N4O5S2/c25-19(17-8-4-5-9-18(17)24(26)27)22-20(30)21-14-10-12-16(13-11-14)31(28,29)23-15-6-2-1-3-7-15/h4-5,8-13,15,23H,1-3,6-7H2,(H2,21,22,25,30). The van der Waals surface area contributed by atoms with Crippen molar-refractivity contribution in [2.24, 2.45) is 0 Å². The van der Waals surface area contributed by atoms with Gasteiger partial charge >= 0.3 is 0 Å². The molecule has 2 aromatic carbocycles. The Hall–Kier alpha value is -2.89. The third-order valence-electron chi connectivity index (χ3n) is 4.92. The number of hydrogen-bond acceptors (Lipinski definition) is 6. The van der Waals surface area contributed by atoms with Crippen molar-refractivity contribution >= 4 is 44.6 Å². The van der Waals surface area contributed by atoms with Crippen molar-refractivity contribution in [2.75, 3.05) is 5.32 Å². The topological polar surface area (TPSA) is 130 Å². The van der Waals surface area contributed by atoms with Crippen molar-refractivity contribution in [3.05, 3.63) is 64.2 Å². The molecule has 1 saturated carbocycles. The predicted molar refractivity (Wildman–Crippen MR) is 120 cm³/mol. The van der Waals surface area contributed by atoms with E-state index >= 15 is 0 Å². The summed E-state index contributed by atoms with van der Waals surface area (Å²) < 4.78 is 27.9. The molecule has 0 atom stereocenters. The molecule has 31 heavy (non-hydrogen) atoms. The molecule has 0 radical (unpaired) electrons. The average Bonchev–Trinajstić information content (AvgIpc) is 2.74. The molecule has 0 aliphatic heterocycles. The van der Waals surface area contributed by atoms with Gasteiger partial charge in [0.15, 0.2) is 5.11 Å². The molecule has 164 valence electrons. The van der Waals surface area contributed by atoms with Crippen LogP contribution in [0.25, 0.3) is 0 Å². The first-order valence-corrected chi connectivity index (χ1v) is 11.6. The molecule has 0 saturated heterocycles. The summed E-state index contributed by atoms with van der Waals surface area (Å²) in [5.74, 6) is -0.722. The van der Waals surface area contributed by atoms with E-state index < -0.39 is 20.9 Å². The van der Waals surface area contributed by atoms with Crippen LogP contribution in [0.15, 0.2) is 53.4 Å². The molecular weight excluding hydrogens is 440 g/mol. The van der Waals surface area contributed by atoms with E-state index in [-0.39, 0.29) is 27.3 Å². The highest BCUT2D eigenvalue weighted by atomic mass is 32.2. The SMILES string of the molecule is O=C(NC(=S)Nc1ccc(S(=O)(=O)NC2CCCCC2)cc1)c1ccccc1[N+](=O)[O-]. The van der Waals surface area contributed by atoms with Crippen LogP contribution in [0.1, 0.15) is 42.5 Å². The monoisotopic (exact) mass is 462 g/mol. The summed E-state index contributed by atoms with van der Waals surface area (Å²) in [6.45, 7) is 0. The quantitative estimate of drug-likeness (QED) is 0.341. The number of carbonyl (C=O) groups is 1. The highest BCUT2D eigenvalue weighted by molar-refractivity contribution is 7.89. The van der Waals surface area contributed by atoms with Gasteiger partial charge in [-0.2, -0.15) is 0 Å². The number of nitro groups is 1. The fraction of sp³-hybridized carbons (Fsp3) is 0.300. The van der Waals surface area contributed by atoms with E-state index in [9.17, 15) is 23.3 Å². The highest BCUT2D eigenvalue weighted by Gasteiger charge is 2.22. The summed E-state index contributed by atoms with van der Waals surface area (Å²) in [5, 5.41) is 16.1. The molecule has 0 aromatic heterocycles. The zero-order valence-corrected chi connectivity index (χ0v) is 18.2. The molecule has 3 N–H and O–H groups in total. The Bertz CT molecular complexity index is 1080. The molecule has 2 aromatic rings. The van der Waals surface area contributed by atoms with Gasteiger partial charge in [-0.1, -0.05) is 31.4 Å². The van der Waals surface area contributed by atoms with E-state index in [2.05, 4.69) is 15.4 Å².